The molecule has 0 spiro atoms. The highest BCUT2D eigenvalue weighted by atomic mass is 35.5. The van der Waals surface area contributed by atoms with Crippen molar-refractivity contribution < 1.29 is 0 Å². The summed E-state index contributed by atoms with van der Waals surface area (Å²) in [6.45, 7) is 8.15. The summed E-state index contributed by atoms with van der Waals surface area (Å²) in [7, 11) is 0. The van der Waals surface area contributed by atoms with Crippen LogP contribution < -0.4 is 0 Å². The minimum atomic E-state index is -0.138. The van der Waals surface area contributed by atoms with Gasteiger partial charge < -0.3 is 0 Å². The highest BCUT2D eigenvalue weighted by Crippen LogP contribution is 2.34. The summed E-state index contributed by atoms with van der Waals surface area (Å²) in [6.07, 6.45) is 0. The van der Waals surface area contributed by atoms with Gasteiger partial charge in [-0.1, -0.05) is 61.8 Å². The predicted octanol–water partition coefficient (Wildman–Crippen LogP) is 5.54. The maximum absolute atomic E-state index is 6.23. The van der Waals surface area contributed by atoms with E-state index in [1.165, 1.54) is 0 Å². The summed E-state index contributed by atoms with van der Waals surface area (Å²) in [6, 6.07) is 7.70. The molecule has 0 saturated carbocycles. The molecule has 2 aromatic rings. The number of halogens is 2. The quantitative estimate of drug-likeness (QED) is 0.677. The van der Waals surface area contributed by atoms with E-state index in [4.69, 9.17) is 23.2 Å². The molecule has 0 amide bonds. The van der Waals surface area contributed by atoms with Crippen molar-refractivity contribution in [3.63, 3.8) is 0 Å². The van der Waals surface area contributed by atoms with Gasteiger partial charge in [0.25, 0.3) is 0 Å². The number of nitrogens with zero attached hydrogens (tertiary/aromatic N) is 2. The second kappa shape index (κ2) is 5.92. The molecular formula is C15H16Cl2N2S. The van der Waals surface area contributed by atoms with Crippen molar-refractivity contribution in [2.45, 2.75) is 43.0 Å². The first-order valence-corrected chi connectivity index (χ1v) is 7.82. The molecule has 0 saturated heterocycles. The van der Waals surface area contributed by atoms with Gasteiger partial charge in [0.2, 0.25) is 0 Å². The van der Waals surface area contributed by atoms with E-state index >= 15 is 0 Å². The Labute approximate surface area is 133 Å². The molecular weight excluding hydrogens is 311 g/mol. The van der Waals surface area contributed by atoms with Crippen LogP contribution in [0.1, 0.15) is 32.2 Å². The average Bonchev–Trinajstić information content (AvgIpc) is 2.33. The summed E-state index contributed by atoms with van der Waals surface area (Å²) >= 11 is 13.8. The number of hydrogen-bond donors (Lipinski definition) is 0. The second-order valence-corrected chi connectivity index (χ2v) is 7.43. The van der Waals surface area contributed by atoms with Gasteiger partial charge >= 0.3 is 0 Å². The van der Waals surface area contributed by atoms with Crippen LogP contribution >= 0.6 is 35.0 Å². The van der Waals surface area contributed by atoms with Crippen molar-refractivity contribution in [2.24, 2.45) is 0 Å². The predicted molar refractivity (Wildman–Crippen MR) is 86.1 cm³/mol. The van der Waals surface area contributed by atoms with Crippen LogP contribution in [0.4, 0.5) is 0 Å². The van der Waals surface area contributed by atoms with E-state index in [-0.39, 0.29) is 5.41 Å². The summed E-state index contributed by atoms with van der Waals surface area (Å²) in [5.74, 6) is 0.748. The topological polar surface area (TPSA) is 25.8 Å². The van der Waals surface area contributed by atoms with E-state index in [9.17, 15) is 0 Å². The second-order valence-electron chi connectivity index (χ2n) is 5.58. The maximum atomic E-state index is 6.23. The van der Waals surface area contributed by atoms with E-state index in [0.29, 0.717) is 10.2 Å². The van der Waals surface area contributed by atoms with Gasteiger partial charge in [-0.15, -0.1) is 0 Å². The molecule has 1 heterocycles. The zero-order chi connectivity index (χ0) is 14.9. The third kappa shape index (κ3) is 3.66. The number of benzene rings is 1. The molecule has 0 bridgehead atoms. The van der Waals surface area contributed by atoms with Gasteiger partial charge in [-0.25, -0.2) is 9.97 Å². The standard InChI is InChI=1S/C15H16Cl2N2S/c1-9-12(17)18-14(15(2,3)4)19-13(9)20-11-7-5-6-10(16)8-11/h5-8H,1-4H3. The minimum Gasteiger partial charge on any atom is -0.225 e. The highest BCUT2D eigenvalue weighted by Gasteiger charge is 2.21. The summed E-state index contributed by atoms with van der Waals surface area (Å²) < 4.78 is 0. The van der Waals surface area contributed by atoms with Crippen molar-refractivity contribution >= 4 is 35.0 Å². The van der Waals surface area contributed by atoms with Crippen LogP contribution in [0.25, 0.3) is 0 Å². The van der Waals surface area contributed by atoms with E-state index < -0.39 is 0 Å². The zero-order valence-electron chi connectivity index (χ0n) is 11.9. The number of rotatable bonds is 2. The third-order valence-corrected chi connectivity index (χ3v) is 4.41. The molecule has 0 aliphatic rings. The lowest BCUT2D eigenvalue weighted by Gasteiger charge is -2.18. The van der Waals surface area contributed by atoms with Crippen molar-refractivity contribution in [2.75, 3.05) is 0 Å². The van der Waals surface area contributed by atoms with Crippen LogP contribution in [-0.2, 0) is 5.41 Å². The number of hydrogen-bond acceptors (Lipinski definition) is 3. The Morgan fingerprint density at radius 1 is 1.10 bits per heavy atom. The normalized spacial score (nSPS) is 11.7. The molecule has 20 heavy (non-hydrogen) atoms. The Morgan fingerprint density at radius 2 is 1.80 bits per heavy atom. The number of aromatic nitrogens is 2. The Bertz CT molecular complexity index is 636. The molecule has 0 atom stereocenters. The van der Waals surface area contributed by atoms with Gasteiger partial charge in [0.15, 0.2) is 0 Å². The van der Waals surface area contributed by atoms with Crippen LogP contribution in [0.2, 0.25) is 10.2 Å². The first kappa shape index (κ1) is 15.6. The van der Waals surface area contributed by atoms with Gasteiger partial charge in [-0.3, -0.25) is 0 Å². The molecule has 2 rings (SSSR count). The molecule has 1 aromatic carbocycles. The monoisotopic (exact) mass is 326 g/mol. The van der Waals surface area contributed by atoms with E-state index in [1.807, 2.05) is 31.2 Å². The lowest BCUT2D eigenvalue weighted by molar-refractivity contribution is 0.537. The molecule has 0 aliphatic heterocycles. The van der Waals surface area contributed by atoms with Crippen molar-refractivity contribution in [1.82, 2.24) is 9.97 Å². The van der Waals surface area contributed by atoms with Crippen LogP contribution in [-0.4, -0.2) is 9.97 Å². The van der Waals surface area contributed by atoms with Gasteiger partial charge in [0.05, 0.1) is 0 Å². The molecule has 0 N–H and O–H groups in total. The molecule has 0 radical (unpaired) electrons. The first-order chi connectivity index (χ1) is 9.27. The Morgan fingerprint density at radius 3 is 2.40 bits per heavy atom. The highest BCUT2D eigenvalue weighted by molar-refractivity contribution is 7.99. The van der Waals surface area contributed by atoms with Crippen molar-refractivity contribution in [3.05, 3.63) is 45.8 Å². The van der Waals surface area contributed by atoms with Crippen LogP contribution in [0, 0.1) is 6.92 Å². The summed E-state index contributed by atoms with van der Waals surface area (Å²) in [5, 5.41) is 2.09. The Hall–Kier alpha value is -0.770. The van der Waals surface area contributed by atoms with Gasteiger partial charge in [0, 0.05) is 20.9 Å². The molecule has 0 fully saturated rings. The zero-order valence-corrected chi connectivity index (χ0v) is 14.2. The molecule has 1 aromatic heterocycles. The van der Waals surface area contributed by atoms with E-state index in [2.05, 4.69) is 30.7 Å². The molecule has 0 unspecified atom stereocenters. The minimum absolute atomic E-state index is 0.138. The largest absolute Gasteiger partial charge is 0.225 e. The lowest BCUT2D eigenvalue weighted by Crippen LogP contribution is -2.17. The third-order valence-electron chi connectivity index (χ3n) is 2.72. The van der Waals surface area contributed by atoms with Crippen molar-refractivity contribution in [1.29, 1.82) is 0 Å². The fourth-order valence-corrected chi connectivity index (χ4v) is 2.97. The van der Waals surface area contributed by atoms with Gasteiger partial charge in [0.1, 0.15) is 16.0 Å². The molecule has 106 valence electrons. The first-order valence-electron chi connectivity index (χ1n) is 6.25. The Balaban J connectivity index is 2.43. The van der Waals surface area contributed by atoms with Crippen LogP contribution in [0.3, 0.4) is 0 Å². The summed E-state index contributed by atoms with van der Waals surface area (Å²) in [5.41, 5.74) is 0.755. The smallest absolute Gasteiger partial charge is 0.136 e. The molecule has 0 aliphatic carbocycles. The van der Waals surface area contributed by atoms with Gasteiger partial charge in [-0.05, 0) is 25.1 Å². The maximum Gasteiger partial charge on any atom is 0.136 e. The van der Waals surface area contributed by atoms with Crippen LogP contribution in [0.5, 0.6) is 0 Å². The van der Waals surface area contributed by atoms with E-state index in [0.717, 1.165) is 21.3 Å². The lowest BCUT2D eigenvalue weighted by atomic mass is 9.96. The van der Waals surface area contributed by atoms with Gasteiger partial charge in [-0.2, -0.15) is 0 Å². The van der Waals surface area contributed by atoms with Crippen molar-refractivity contribution in [3.8, 4) is 0 Å². The molecule has 5 heteroatoms. The average molecular weight is 327 g/mol. The summed E-state index contributed by atoms with van der Waals surface area (Å²) in [4.78, 5) is 10.1. The molecule has 2 nitrogen and oxygen atoms in total. The van der Waals surface area contributed by atoms with E-state index in [1.54, 1.807) is 11.8 Å². The fraction of sp³-hybridized carbons (Fsp3) is 0.333. The Kier molecular flexibility index (Phi) is 4.62. The SMILES string of the molecule is Cc1c(Cl)nc(C(C)(C)C)nc1Sc1cccc(Cl)c1. The van der Waals surface area contributed by atoms with Crippen LogP contribution in [0.15, 0.2) is 34.2 Å². The fourth-order valence-electron chi connectivity index (χ4n) is 1.55.